The lowest BCUT2D eigenvalue weighted by molar-refractivity contribution is 0.100. The number of carbonyl (C=O) groups is 1. The van der Waals surface area contributed by atoms with Gasteiger partial charge in [0.1, 0.15) is 11.4 Å². The first-order valence-corrected chi connectivity index (χ1v) is 9.94. The van der Waals surface area contributed by atoms with Crippen LogP contribution in [0, 0.1) is 5.92 Å². The monoisotopic (exact) mass is 407 g/mol. The third-order valence-corrected chi connectivity index (χ3v) is 5.42. The molecule has 6 N–H and O–H groups in total. The van der Waals surface area contributed by atoms with Gasteiger partial charge in [-0.25, -0.2) is 4.98 Å². The zero-order valence-electron chi connectivity index (χ0n) is 16.7. The molecule has 2 aromatic heterocycles. The van der Waals surface area contributed by atoms with Crippen LogP contribution in [0.3, 0.4) is 0 Å². The predicted molar refractivity (Wildman–Crippen MR) is 114 cm³/mol. The van der Waals surface area contributed by atoms with E-state index in [9.17, 15) is 4.79 Å². The fourth-order valence-corrected chi connectivity index (χ4v) is 3.70. The zero-order valence-corrected chi connectivity index (χ0v) is 16.7. The summed E-state index contributed by atoms with van der Waals surface area (Å²) >= 11 is 0. The standard InChI is InChI=1S/C20H25N9O/c1-12-4-2-7-16(17(12)21)27-20-23-11-15(18(22)30)19(28-20)26-13-5-3-6-14(10-13)29-24-8-9-25-29/h3,5-6,8-12,16-17H,2,4,7,21H2,1H3,(H2,22,30)(H2,23,26,27,28)/t12-,16+,17-/m0/s1. The van der Waals surface area contributed by atoms with Crippen molar-refractivity contribution in [3.05, 3.63) is 48.4 Å². The first-order chi connectivity index (χ1) is 14.5. The van der Waals surface area contributed by atoms with Gasteiger partial charge in [-0.15, -0.1) is 0 Å². The minimum absolute atomic E-state index is 0.0211. The average molecular weight is 407 g/mol. The minimum atomic E-state index is -0.614. The Kier molecular flexibility index (Phi) is 5.57. The van der Waals surface area contributed by atoms with E-state index in [4.69, 9.17) is 11.5 Å². The maximum absolute atomic E-state index is 11.9. The molecule has 2 heterocycles. The molecular formula is C20H25N9O. The van der Waals surface area contributed by atoms with E-state index < -0.39 is 5.91 Å². The van der Waals surface area contributed by atoms with Crippen molar-refractivity contribution in [1.29, 1.82) is 0 Å². The molecule has 1 aliphatic carbocycles. The van der Waals surface area contributed by atoms with E-state index in [1.165, 1.54) is 11.0 Å². The van der Waals surface area contributed by atoms with E-state index in [1.54, 1.807) is 12.4 Å². The molecule has 0 bridgehead atoms. The highest BCUT2D eigenvalue weighted by atomic mass is 16.1. The summed E-state index contributed by atoms with van der Waals surface area (Å²) in [5, 5.41) is 14.7. The van der Waals surface area contributed by atoms with Crippen molar-refractivity contribution in [3.63, 3.8) is 0 Å². The lowest BCUT2D eigenvalue weighted by atomic mass is 9.83. The summed E-state index contributed by atoms with van der Waals surface area (Å²) in [7, 11) is 0. The number of anilines is 3. The third kappa shape index (κ3) is 4.23. The van der Waals surface area contributed by atoms with Crippen LogP contribution in [0.25, 0.3) is 5.69 Å². The van der Waals surface area contributed by atoms with Crippen LogP contribution in [0.5, 0.6) is 0 Å². The van der Waals surface area contributed by atoms with Gasteiger partial charge in [-0.05, 0) is 37.0 Å². The molecule has 1 aromatic carbocycles. The number of hydrogen-bond acceptors (Lipinski definition) is 8. The van der Waals surface area contributed by atoms with Crippen molar-refractivity contribution in [1.82, 2.24) is 25.0 Å². The van der Waals surface area contributed by atoms with E-state index in [2.05, 4.69) is 37.7 Å². The molecule has 156 valence electrons. The summed E-state index contributed by atoms with van der Waals surface area (Å²) in [6.45, 7) is 2.16. The number of aromatic nitrogens is 5. The molecule has 3 aromatic rings. The fraction of sp³-hybridized carbons (Fsp3) is 0.350. The van der Waals surface area contributed by atoms with Crippen molar-refractivity contribution in [2.45, 2.75) is 38.3 Å². The normalized spacial score (nSPS) is 21.2. The van der Waals surface area contributed by atoms with Crippen LogP contribution in [-0.2, 0) is 0 Å². The molecule has 0 saturated heterocycles. The molecule has 1 aliphatic rings. The Balaban J connectivity index is 1.59. The van der Waals surface area contributed by atoms with Gasteiger partial charge in [0.25, 0.3) is 5.91 Å². The fourth-order valence-electron chi connectivity index (χ4n) is 3.70. The third-order valence-electron chi connectivity index (χ3n) is 5.42. The first kappa shape index (κ1) is 19.8. The van der Waals surface area contributed by atoms with E-state index in [1.807, 2.05) is 24.3 Å². The van der Waals surface area contributed by atoms with Gasteiger partial charge in [0.2, 0.25) is 5.95 Å². The molecule has 4 rings (SSSR count). The summed E-state index contributed by atoms with van der Waals surface area (Å²) in [5.74, 6) is 0.541. The van der Waals surface area contributed by atoms with Crippen LogP contribution in [-0.4, -0.2) is 43.0 Å². The summed E-state index contributed by atoms with van der Waals surface area (Å²) in [6.07, 6.45) is 7.81. The highest BCUT2D eigenvalue weighted by molar-refractivity contribution is 5.98. The summed E-state index contributed by atoms with van der Waals surface area (Å²) in [4.78, 5) is 22.2. The van der Waals surface area contributed by atoms with E-state index in [0.29, 0.717) is 23.4 Å². The van der Waals surface area contributed by atoms with Gasteiger partial charge in [-0.3, -0.25) is 4.79 Å². The molecule has 10 heteroatoms. The van der Waals surface area contributed by atoms with Gasteiger partial charge in [0, 0.05) is 24.0 Å². The minimum Gasteiger partial charge on any atom is -0.365 e. The highest BCUT2D eigenvalue weighted by Crippen LogP contribution is 2.26. The Morgan fingerprint density at radius 2 is 2.03 bits per heavy atom. The van der Waals surface area contributed by atoms with E-state index in [0.717, 1.165) is 24.9 Å². The largest absolute Gasteiger partial charge is 0.365 e. The molecule has 1 amide bonds. The lowest BCUT2D eigenvalue weighted by Gasteiger charge is -2.34. The van der Waals surface area contributed by atoms with Crippen LogP contribution in [0.1, 0.15) is 36.5 Å². The summed E-state index contributed by atoms with van der Waals surface area (Å²) in [5.41, 5.74) is 13.5. The lowest BCUT2D eigenvalue weighted by Crippen LogP contribution is -2.47. The van der Waals surface area contributed by atoms with Crippen LogP contribution in [0.15, 0.2) is 42.9 Å². The van der Waals surface area contributed by atoms with Gasteiger partial charge in [-0.1, -0.05) is 19.4 Å². The Bertz CT molecular complexity index is 1020. The van der Waals surface area contributed by atoms with Gasteiger partial charge < -0.3 is 22.1 Å². The molecule has 30 heavy (non-hydrogen) atoms. The van der Waals surface area contributed by atoms with Crippen LogP contribution in [0.2, 0.25) is 0 Å². The zero-order chi connectivity index (χ0) is 21.1. The van der Waals surface area contributed by atoms with Gasteiger partial charge >= 0.3 is 0 Å². The van der Waals surface area contributed by atoms with Crippen molar-refractivity contribution in [2.24, 2.45) is 17.4 Å². The maximum atomic E-state index is 11.9. The van der Waals surface area contributed by atoms with E-state index >= 15 is 0 Å². The van der Waals surface area contributed by atoms with Crippen molar-refractivity contribution in [3.8, 4) is 5.69 Å². The molecule has 0 aliphatic heterocycles. The quantitative estimate of drug-likeness (QED) is 0.483. The SMILES string of the molecule is C[C@H]1CCC[C@@H](Nc2ncc(C(N)=O)c(Nc3cccc(-n4nccn4)c3)n2)[C@H]1N. The molecule has 10 nitrogen and oxygen atoms in total. The molecule has 0 spiro atoms. The molecule has 0 radical (unpaired) electrons. The number of rotatable bonds is 6. The highest BCUT2D eigenvalue weighted by Gasteiger charge is 2.28. The van der Waals surface area contributed by atoms with E-state index in [-0.39, 0.29) is 17.6 Å². The Morgan fingerprint density at radius 1 is 1.23 bits per heavy atom. The van der Waals surface area contributed by atoms with Crippen molar-refractivity contribution >= 4 is 23.4 Å². The number of nitrogens with one attached hydrogen (secondary N) is 2. The number of nitrogens with two attached hydrogens (primary N) is 2. The van der Waals surface area contributed by atoms with Crippen LogP contribution < -0.4 is 22.1 Å². The Hall–Kier alpha value is -3.53. The molecule has 0 unspecified atom stereocenters. The number of primary amides is 1. The maximum Gasteiger partial charge on any atom is 0.254 e. The summed E-state index contributed by atoms with van der Waals surface area (Å²) < 4.78 is 0. The Morgan fingerprint density at radius 3 is 2.80 bits per heavy atom. The molecule has 1 saturated carbocycles. The predicted octanol–water partition coefficient (Wildman–Crippen LogP) is 1.83. The molecular weight excluding hydrogens is 382 g/mol. The number of benzene rings is 1. The number of hydrogen-bond donors (Lipinski definition) is 4. The number of amides is 1. The Labute approximate surface area is 174 Å². The van der Waals surface area contributed by atoms with Crippen LogP contribution in [0.4, 0.5) is 17.5 Å². The molecule has 1 fully saturated rings. The molecule has 3 atom stereocenters. The van der Waals surface area contributed by atoms with Gasteiger partial charge in [-0.2, -0.15) is 20.0 Å². The number of carbonyl (C=O) groups excluding carboxylic acids is 1. The topological polar surface area (TPSA) is 150 Å². The van der Waals surface area contributed by atoms with Crippen molar-refractivity contribution < 1.29 is 4.79 Å². The average Bonchev–Trinajstić information content (AvgIpc) is 3.27. The summed E-state index contributed by atoms with van der Waals surface area (Å²) in [6, 6.07) is 7.53. The first-order valence-electron chi connectivity index (χ1n) is 9.94. The van der Waals surface area contributed by atoms with Crippen LogP contribution >= 0.6 is 0 Å². The second-order valence-electron chi connectivity index (χ2n) is 7.55. The number of nitrogens with zero attached hydrogens (tertiary/aromatic N) is 5. The second-order valence-corrected chi connectivity index (χ2v) is 7.55. The van der Waals surface area contributed by atoms with Gasteiger partial charge in [0.15, 0.2) is 0 Å². The second kappa shape index (κ2) is 8.46. The van der Waals surface area contributed by atoms with Gasteiger partial charge in [0.05, 0.1) is 18.1 Å². The van der Waals surface area contributed by atoms with Crippen molar-refractivity contribution in [2.75, 3.05) is 10.6 Å². The smallest absolute Gasteiger partial charge is 0.254 e.